The van der Waals surface area contributed by atoms with E-state index in [2.05, 4.69) is 0 Å². The lowest BCUT2D eigenvalue weighted by atomic mass is 10.2. The van der Waals surface area contributed by atoms with Crippen LogP contribution in [0.1, 0.15) is 10.4 Å². The molecular formula is C7H4F4O2. The van der Waals surface area contributed by atoms with E-state index in [1.165, 1.54) is 0 Å². The molecule has 2 nitrogen and oxygen atoms in total. The standard InChI is InChI=1S/C7H2F4O.H2O/c8-4-1-3(2-12)5(9)7(11)6(4)10;/h1-2H;1H2. The molecule has 2 N–H and O–H groups in total. The van der Waals surface area contributed by atoms with Gasteiger partial charge in [0, 0.05) is 0 Å². The summed E-state index contributed by atoms with van der Waals surface area (Å²) in [5.41, 5.74) is -0.841. The quantitative estimate of drug-likeness (QED) is 0.288. The van der Waals surface area contributed by atoms with Crippen molar-refractivity contribution in [2.45, 2.75) is 0 Å². The van der Waals surface area contributed by atoms with Crippen LogP contribution in [0.3, 0.4) is 0 Å². The molecule has 0 aromatic heterocycles. The number of hydrogen-bond donors (Lipinski definition) is 0. The van der Waals surface area contributed by atoms with Crippen LogP contribution in [-0.2, 0) is 0 Å². The van der Waals surface area contributed by atoms with Crippen molar-refractivity contribution in [2.24, 2.45) is 0 Å². The van der Waals surface area contributed by atoms with Crippen molar-refractivity contribution < 1.29 is 27.8 Å². The third-order valence-corrected chi connectivity index (χ3v) is 1.26. The second-order valence-electron chi connectivity index (χ2n) is 2.01. The lowest BCUT2D eigenvalue weighted by Gasteiger charge is -1.98. The van der Waals surface area contributed by atoms with Crippen molar-refractivity contribution in [3.63, 3.8) is 0 Å². The van der Waals surface area contributed by atoms with Crippen LogP contribution in [0.4, 0.5) is 17.6 Å². The zero-order chi connectivity index (χ0) is 9.30. The summed E-state index contributed by atoms with van der Waals surface area (Å²) in [4.78, 5) is 9.95. The van der Waals surface area contributed by atoms with Crippen molar-refractivity contribution in [1.82, 2.24) is 0 Å². The summed E-state index contributed by atoms with van der Waals surface area (Å²) < 4.78 is 49.2. The van der Waals surface area contributed by atoms with Crippen molar-refractivity contribution in [3.05, 3.63) is 34.9 Å². The molecule has 6 heteroatoms. The molecule has 0 spiro atoms. The number of carbonyl (C=O) groups excluding carboxylic acids is 1. The van der Waals surface area contributed by atoms with Crippen LogP contribution in [0.2, 0.25) is 0 Å². The number of carbonyl (C=O) groups is 1. The van der Waals surface area contributed by atoms with Crippen molar-refractivity contribution in [2.75, 3.05) is 0 Å². The maximum absolute atomic E-state index is 12.4. The molecule has 1 rings (SSSR count). The summed E-state index contributed by atoms with van der Waals surface area (Å²) in [6.07, 6.45) is -0.0963. The molecule has 0 saturated carbocycles. The predicted molar refractivity (Wildman–Crippen MR) is 35.3 cm³/mol. The largest absolute Gasteiger partial charge is 0.412 e. The molecule has 0 fully saturated rings. The average Bonchev–Trinajstić information content (AvgIpc) is 2.08. The minimum absolute atomic E-state index is 0. The van der Waals surface area contributed by atoms with Crippen LogP contribution < -0.4 is 0 Å². The van der Waals surface area contributed by atoms with Crippen molar-refractivity contribution in [3.8, 4) is 0 Å². The Kier molecular flexibility index (Phi) is 3.55. The normalized spacial score (nSPS) is 9.23. The molecule has 0 heterocycles. The first-order valence-corrected chi connectivity index (χ1v) is 2.86. The SMILES string of the molecule is O.O=Cc1cc(F)c(F)c(F)c1F. The molecule has 0 aliphatic carbocycles. The van der Waals surface area contributed by atoms with Gasteiger partial charge >= 0.3 is 0 Å². The second-order valence-corrected chi connectivity index (χ2v) is 2.01. The van der Waals surface area contributed by atoms with Gasteiger partial charge in [-0.15, -0.1) is 0 Å². The lowest BCUT2D eigenvalue weighted by molar-refractivity contribution is 0.111. The minimum Gasteiger partial charge on any atom is -0.412 e. The van der Waals surface area contributed by atoms with Crippen LogP contribution in [0.5, 0.6) is 0 Å². The first kappa shape index (κ1) is 11.6. The molecule has 1 aromatic carbocycles. The fraction of sp³-hybridized carbons (Fsp3) is 0. The molecule has 72 valence electrons. The monoisotopic (exact) mass is 196 g/mol. The van der Waals surface area contributed by atoms with Gasteiger partial charge in [0.05, 0.1) is 5.56 Å². The Bertz CT molecular complexity index is 338. The molecule has 1 aromatic rings. The van der Waals surface area contributed by atoms with E-state index in [1.807, 2.05) is 0 Å². The summed E-state index contributed by atoms with van der Waals surface area (Å²) >= 11 is 0. The Labute approximate surface area is 70.1 Å². The summed E-state index contributed by atoms with van der Waals surface area (Å²) in [5, 5.41) is 0. The molecule has 0 aliphatic heterocycles. The van der Waals surface area contributed by atoms with E-state index in [4.69, 9.17) is 0 Å². The highest BCUT2D eigenvalue weighted by Gasteiger charge is 2.17. The maximum Gasteiger partial charge on any atom is 0.198 e. The summed E-state index contributed by atoms with van der Waals surface area (Å²) in [5.74, 6) is -7.16. The molecule has 0 bridgehead atoms. The van der Waals surface area contributed by atoms with Gasteiger partial charge in [0.25, 0.3) is 0 Å². The zero-order valence-corrected chi connectivity index (χ0v) is 6.07. The highest BCUT2D eigenvalue weighted by Crippen LogP contribution is 2.16. The van der Waals surface area contributed by atoms with Gasteiger partial charge in [-0.3, -0.25) is 4.79 Å². The van der Waals surface area contributed by atoms with E-state index in [9.17, 15) is 22.4 Å². The van der Waals surface area contributed by atoms with E-state index in [0.717, 1.165) is 0 Å². The predicted octanol–water partition coefficient (Wildman–Crippen LogP) is 1.23. The van der Waals surface area contributed by atoms with Gasteiger partial charge in [0.15, 0.2) is 29.6 Å². The van der Waals surface area contributed by atoms with Gasteiger partial charge < -0.3 is 5.48 Å². The Morgan fingerprint density at radius 1 is 1.00 bits per heavy atom. The first-order chi connectivity index (χ1) is 5.57. The molecule has 0 unspecified atom stereocenters. The van der Waals surface area contributed by atoms with Crippen molar-refractivity contribution >= 4 is 6.29 Å². The van der Waals surface area contributed by atoms with Crippen LogP contribution in [0.25, 0.3) is 0 Å². The number of aldehydes is 1. The maximum atomic E-state index is 12.4. The number of benzene rings is 1. The molecule has 13 heavy (non-hydrogen) atoms. The van der Waals surface area contributed by atoms with Gasteiger partial charge in [-0.1, -0.05) is 0 Å². The Morgan fingerprint density at radius 3 is 2.00 bits per heavy atom. The minimum atomic E-state index is -1.97. The Balaban J connectivity index is 0.00000144. The number of rotatable bonds is 1. The van der Waals surface area contributed by atoms with Crippen LogP contribution in [-0.4, -0.2) is 11.8 Å². The smallest absolute Gasteiger partial charge is 0.198 e. The van der Waals surface area contributed by atoms with Crippen LogP contribution >= 0.6 is 0 Å². The van der Waals surface area contributed by atoms with Crippen LogP contribution in [0, 0.1) is 23.3 Å². The van der Waals surface area contributed by atoms with E-state index >= 15 is 0 Å². The van der Waals surface area contributed by atoms with E-state index in [-0.39, 0.29) is 11.8 Å². The van der Waals surface area contributed by atoms with Gasteiger partial charge in [0.2, 0.25) is 0 Å². The highest BCUT2D eigenvalue weighted by molar-refractivity contribution is 5.75. The molecule has 0 aliphatic rings. The fourth-order valence-corrected chi connectivity index (χ4v) is 0.677. The molecular weight excluding hydrogens is 192 g/mol. The van der Waals surface area contributed by atoms with Gasteiger partial charge in [-0.05, 0) is 6.07 Å². The molecule has 0 atom stereocenters. The highest BCUT2D eigenvalue weighted by atomic mass is 19.2. The summed E-state index contributed by atoms with van der Waals surface area (Å²) in [7, 11) is 0. The number of halogens is 4. The summed E-state index contributed by atoms with van der Waals surface area (Å²) in [6.45, 7) is 0. The third kappa shape index (κ3) is 1.83. The van der Waals surface area contributed by atoms with E-state index in [0.29, 0.717) is 6.07 Å². The summed E-state index contributed by atoms with van der Waals surface area (Å²) in [6, 6.07) is 0.292. The second kappa shape index (κ2) is 3.99. The molecule has 0 amide bonds. The number of hydrogen-bond acceptors (Lipinski definition) is 1. The average molecular weight is 196 g/mol. The van der Waals surface area contributed by atoms with E-state index < -0.39 is 28.8 Å². The van der Waals surface area contributed by atoms with Gasteiger partial charge in [-0.2, -0.15) is 0 Å². The Hall–Kier alpha value is -1.43. The van der Waals surface area contributed by atoms with Gasteiger partial charge in [-0.25, -0.2) is 17.6 Å². The topological polar surface area (TPSA) is 48.6 Å². The Morgan fingerprint density at radius 2 is 1.54 bits per heavy atom. The van der Waals surface area contributed by atoms with Gasteiger partial charge in [0.1, 0.15) is 0 Å². The first-order valence-electron chi connectivity index (χ1n) is 2.86. The fourth-order valence-electron chi connectivity index (χ4n) is 0.677. The third-order valence-electron chi connectivity index (χ3n) is 1.26. The lowest BCUT2D eigenvalue weighted by Crippen LogP contribution is -2.00. The zero-order valence-electron chi connectivity index (χ0n) is 6.07. The van der Waals surface area contributed by atoms with Crippen molar-refractivity contribution in [1.29, 1.82) is 0 Å². The molecule has 0 saturated heterocycles. The van der Waals surface area contributed by atoms with E-state index in [1.54, 1.807) is 0 Å². The molecule has 0 radical (unpaired) electrons. The van der Waals surface area contributed by atoms with Crippen LogP contribution in [0.15, 0.2) is 6.07 Å².